The summed E-state index contributed by atoms with van der Waals surface area (Å²) in [5.41, 5.74) is 0. The van der Waals surface area contributed by atoms with Gasteiger partial charge in [-0.2, -0.15) is 0 Å². The molecule has 0 spiro atoms. The maximum absolute atomic E-state index is 3.64. The number of likely N-dealkylation sites (N-methyl/N-ethyl adjacent to an activating group) is 2. The van der Waals surface area contributed by atoms with E-state index >= 15 is 0 Å². The summed E-state index contributed by atoms with van der Waals surface area (Å²) in [6, 6.07) is 0.652. The number of nitrogens with zero attached hydrogens (tertiary/aromatic N) is 2. The fraction of sp³-hybridized carbons (Fsp3) is 1.00. The van der Waals surface area contributed by atoms with Gasteiger partial charge in [-0.05, 0) is 27.1 Å². The van der Waals surface area contributed by atoms with Crippen LogP contribution in [-0.2, 0) is 0 Å². The second-order valence-electron chi connectivity index (χ2n) is 4.53. The third-order valence-corrected chi connectivity index (χ3v) is 2.89. The first-order valence-electron chi connectivity index (χ1n) is 5.83. The van der Waals surface area contributed by atoms with Crippen LogP contribution in [-0.4, -0.2) is 62.7 Å². The molecule has 1 heterocycles. The molecule has 3 heteroatoms. The molecule has 1 saturated heterocycles. The molecule has 0 atom stereocenters. The van der Waals surface area contributed by atoms with E-state index in [2.05, 4.69) is 36.1 Å². The molecule has 3 nitrogen and oxygen atoms in total. The highest BCUT2D eigenvalue weighted by Gasteiger charge is 2.17. The number of nitrogens with one attached hydrogen (secondary N) is 1. The van der Waals surface area contributed by atoms with Crippen LogP contribution in [0.5, 0.6) is 0 Å². The first-order chi connectivity index (χ1) is 6.72. The predicted octanol–water partition coefficient (Wildman–Crippen LogP) is 0.622. The van der Waals surface area contributed by atoms with E-state index in [0.717, 1.165) is 0 Å². The van der Waals surface area contributed by atoms with Crippen LogP contribution in [0.3, 0.4) is 0 Å². The van der Waals surface area contributed by atoms with Crippen molar-refractivity contribution >= 4 is 0 Å². The van der Waals surface area contributed by atoms with Gasteiger partial charge >= 0.3 is 0 Å². The first kappa shape index (κ1) is 12.0. The van der Waals surface area contributed by atoms with E-state index in [4.69, 9.17) is 0 Å². The molecule has 0 radical (unpaired) electrons. The van der Waals surface area contributed by atoms with E-state index in [1.54, 1.807) is 0 Å². The molecule has 0 amide bonds. The minimum atomic E-state index is 0.652. The molecule has 0 unspecified atom stereocenters. The molecular weight excluding hydrogens is 174 g/mol. The lowest BCUT2D eigenvalue weighted by molar-refractivity contribution is 0.319. The molecule has 1 fully saturated rings. The van der Waals surface area contributed by atoms with Crippen LogP contribution < -0.4 is 5.32 Å². The van der Waals surface area contributed by atoms with Crippen molar-refractivity contribution in [3.8, 4) is 0 Å². The van der Waals surface area contributed by atoms with Gasteiger partial charge in [-0.25, -0.2) is 0 Å². The largest absolute Gasteiger partial charge is 0.311 e. The Morgan fingerprint density at radius 3 is 2.21 bits per heavy atom. The van der Waals surface area contributed by atoms with Crippen LogP contribution in [0.1, 0.15) is 19.8 Å². The average Bonchev–Trinajstić information content (AvgIpc) is 2.29. The van der Waals surface area contributed by atoms with Gasteiger partial charge in [0.2, 0.25) is 0 Å². The minimum absolute atomic E-state index is 0.652. The van der Waals surface area contributed by atoms with Crippen molar-refractivity contribution in [1.29, 1.82) is 0 Å². The Balaban J connectivity index is 2.26. The molecule has 14 heavy (non-hydrogen) atoms. The monoisotopic (exact) mass is 199 g/mol. The van der Waals surface area contributed by atoms with Crippen LogP contribution in [0, 0.1) is 0 Å². The lowest BCUT2D eigenvalue weighted by atomic mass is 10.2. The van der Waals surface area contributed by atoms with E-state index in [0.29, 0.717) is 6.04 Å². The molecule has 1 aliphatic heterocycles. The third kappa shape index (κ3) is 4.40. The number of rotatable bonds is 4. The molecule has 1 rings (SSSR count). The Labute approximate surface area is 88.5 Å². The SMILES string of the molecule is CCCCNC1CN(C)CCN(C)C1. The first-order valence-corrected chi connectivity index (χ1v) is 5.83. The average molecular weight is 199 g/mol. The van der Waals surface area contributed by atoms with Crippen LogP contribution in [0.4, 0.5) is 0 Å². The fourth-order valence-corrected chi connectivity index (χ4v) is 1.95. The quantitative estimate of drug-likeness (QED) is 0.670. The van der Waals surface area contributed by atoms with Crippen molar-refractivity contribution in [3.63, 3.8) is 0 Å². The smallest absolute Gasteiger partial charge is 0.0322 e. The van der Waals surface area contributed by atoms with Gasteiger partial charge in [0, 0.05) is 32.2 Å². The van der Waals surface area contributed by atoms with E-state index in [1.807, 2.05) is 0 Å². The van der Waals surface area contributed by atoms with Gasteiger partial charge in [0.05, 0.1) is 0 Å². The summed E-state index contributed by atoms with van der Waals surface area (Å²) < 4.78 is 0. The molecule has 0 aromatic rings. The topological polar surface area (TPSA) is 18.5 Å². The van der Waals surface area contributed by atoms with Crippen molar-refractivity contribution in [3.05, 3.63) is 0 Å². The summed E-state index contributed by atoms with van der Waals surface area (Å²) in [6.07, 6.45) is 2.58. The van der Waals surface area contributed by atoms with Crippen LogP contribution >= 0.6 is 0 Å². The van der Waals surface area contributed by atoms with E-state index in [-0.39, 0.29) is 0 Å². The molecule has 0 saturated carbocycles. The zero-order valence-electron chi connectivity index (χ0n) is 9.92. The zero-order valence-corrected chi connectivity index (χ0v) is 9.92. The Bertz CT molecular complexity index is 137. The summed E-state index contributed by atoms with van der Waals surface area (Å²) in [5.74, 6) is 0. The number of hydrogen-bond acceptors (Lipinski definition) is 3. The third-order valence-electron chi connectivity index (χ3n) is 2.89. The van der Waals surface area contributed by atoms with Gasteiger partial charge in [0.1, 0.15) is 0 Å². The van der Waals surface area contributed by atoms with Gasteiger partial charge in [-0.1, -0.05) is 13.3 Å². The molecule has 0 aromatic carbocycles. The number of hydrogen-bond donors (Lipinski definition) is 1. The highest BCUT2D eigenvalue weighted by atomic mass is 15.2. The van der Waals surface area contributed by atoms with Gasteiger partial charge in [0.15, 0.2) is 0 Å². The Morgan fingerprint density at radius 2 is 1.71 bits per heavy atom. The predicted molar refractivity (Wildman–Crippen MR) is 61.7 cm³/mol. The van der Waals surface area contributed by atoms with Crippen molar-refractivity contribution in [2.75, 3.05) is 46.8 Å². The van der Waals surface area contributed by atoms with Crippen LogP contribution in [0.2, 0.25) is 0 Å². The van der Waals surface area contributed by atoms with Crippen LogP contribution in [0.15, 0.2) is 0 Å². The summed E-state index contributed by atoms with van der Waals surface area (Å²) in [7, 11) is 4.43. The lowest BCUT2D eigenvalue weighted by Crippen LogP contribution is -2.43. The van der Waals surface area contributed by atoms with Gasteiger partial charge in [-0.3, -0.25) is 0 Å². The maximum Gasteiger partial charge on any atom is 0.0322 e. The summed E-state index contributed by atoms with van der Waals surface area (Å²) in [5, 5.41) is 3.64. The molecule has 84 valence electrons. The summed E-state index contributed by atoms with van der Waals surface area (Å²) >= 11 is 0. The molecule has 1 N–H and O–H groups in total. The van der Waals surface area contributed by atoms with Crippen molar-refractivity contribution in [2.45, 2.75) is 25.8 Å². The maximum atomic E-state index is 3.64. The highest BCUT2D eigenvalue weighted by Crippen LogP contribution is 2.00. The normalized spacial score (nSPS) is 22.5. The Hall–Kier alpha value is -0.120. The Kier molecular flexibility index (Phi) is 5.45. The van der Waals surface area contributed by atoms with E-state index < -0.39 is 0 Å². The molecular formula is C11H25N3. The van der Waals surface area contributed by atoms with E-state index in [9.17, 15) is 0 Å². The van der Waals surface area contributed by atoms with Gasteiger partial charge in [0.25, 0.3) is 0 Å². The molecule has 0 bridgehead atoms. The van der Waals surface area contributed by atoms with Crippen molar-refractivity contribution in [2.24, 2.45) is 0 Å². The number of unbranched alkanes of at least 4 members (excludes halogenated alkanes) is 1. The van der Waals surface area contributed by atoms with E-state index in [1.165, 1.54) is 45.6 Å². The summed E-state index contributed by atoms with van der Waals surface area (Å²) in [4.78, 5) is 4.85. The summed E-state index contributed by atoms with van der Waals surface area (Å²) in [6.45, 7) is 8.18. The Morgan fingerprint density at radius 1 is 1.14 bits per heavy atom. The van der Waals surface area contributed by atoms with Crippen molar-refractivity contribution < 1.29 is 0 Å². The van der Waals surface area contributed by atoms with Crippen molar-refractivity contribution in [1.82, 2.24) is 15.1 Å². The van der Waals surface area contributed by atoms with Crippen LogP contribution in [0.25, 0.3) is 0 Å². The fourth-order valence-electron chi connectivity index (χ4n) is 1.95. The molecule has 0 aliphatic carbocycles. The highest BCUT2D eigenvalue weighted by molar-refractivity contribution is 4.78. The second-order valence-corrected chi connectivity index (χ2v) is 4.53. The molecule has 1 aliphatic rings. The lowest BCUT2D eigenvalue weighted by Gasteiger charge is -2.22. The minimum Gasteiger partial charge on any atom is -0.311 e. The van der Waals surface area contributed by atoms with Gasteiger partial charge in [-0.15, -0.1) is 0 Å². The zero-order chi connectivity index (χ0) is 10.4. The second kappa shape index (κ2) is 6.38. The van der Waals surface area contributed by atoms with Gasteiger partial charge < -0.3 is 15.1 Å². The molecule has 0 aromatic heterocycles. The standard InChI is InChI=1S/C11H25N3/c1-4-5-6-12-11-9-13(2)7-8-14(3)10-11/h11-12H,4-10H2,1-3H3.